The van der Waals surface area contributed by atoms with Gasteiger partial charge in [0.15, 0.2) is 5.78 Å². The van der Waals surface area contributed by atoms with Crippen molar-refractivity contribution in [3.05, 3.63) is 71.8 Å². The summed E-state index contributed by atoms with van der Waals surface area (Å²) in [5, 5.41) is 9.81. The van der Waals surface area contributed by atoms with Gasteiger partial charge in [0.25, 0.3) is 0 Å². The first-order valence-corrected chi connectivity index (χ1v) is 9.93. The lowest BCUT2D eigenvalue weighted by Gasteiger charge is -2.32. The lowest BCUT2D eigenvalue weighted by atomic mass is 10.0. The summed E-state index contributed by atoms with van der Waals surface area (Å²) in [6.07, 6.45) is 1.12. The number of carbonyl (C=O) groups excluding carboxylic acids is 1. The average Bonchev–Trinajstić information content (AvgIpc) is 2.69. The van der Waals surface area contributed by atoms with Crippen molar-refractivity contribution in [2.75, 3.05) is 0 Å². The minimum Gasteiger partial charge on any atom is -0.480 e. The summed E-state index contributed by atoms with van der Waals surface area (Å²) in [4.78, 5) is 26.7. The second kappa shape index (κ2) is 10.7. The summed E-state index contributed by atoms with van der Waals surface area (Å²) in [5.74, 6) is -0.659. The van der Waals surface area contributed by atoms with Crippen LogP contribution >= 0.6 is 12.2 Å². The molecule has 1 N–H and O–H groups in total. The summed E-state index contributed by atoms with van der Waals surface area (Å²) < 4.78 is 0. The van der Waals surface area contributed by atoms with Crippen LogP contribution in [0.15, 0.2) is 60.7 Å². The van der Waals surface area contributed by atoms with Gasteiger partial charge in [-0.3, -0.25) is 4.79 Å². The highest BCUT2D eigenvalue weighted by atomic mass is 32.1. The number of carboxylic acids is 1. The molecule has 0 heterocycles. The standard InChI is InChI=1S/C23H27NO3S/c1-17(2)15-20(23(26)27)24(16-18-9-5-3-6-10-18)22(28)14-13-21(25)19-11-7-4-8-12-19/h3-12,17,20H,13-16H2,1-2H3,(H,26,27)/t20-/m0/s1. The number of benzene rings is 2. The molecule has 0 spiro atoms. The number of hydrogen-bond donors (Lipinski definition) is 1. The Morgan fingerprint density at radius 3 is 2.07 bits per heavy atom. The first-order valence-electron chi connectivity index (χ1n) is 9.53. The number of carbonyl (C=O) groups is 2. The molecule has 0 aliphatic rings. The van der Waals surface area contributed by atoms with Gasteiger partial charge in [0.1, 0.15) is 6.04 Å². The van der Waals surface area contributed by atoms with Crippen LogP contribution in [-0.2, 0) is 11.3 Å². The molecule has 28 heavy (non-hydrogen) atoms. The van der Waals surface area contributed by atoms with Crippen LogP contribution in [0.2, 0.25) is 0 Å². The Balaban J connectivity index is 2.15. The van der Waals surface area contributed by atoms with E-state index < -0.39 is 12.0 Å². The van der Waals surface area contributed by atoms with Crippen molar-refractivity contribution in [1.82, 2.24) is 4.90 Å². The van der Waals surface area contributed by atoms with E-state index in [1.54, 1.807) is 17.0 Å². The van der Waals surface area contributed by atoms with Gasteiger partial charge in [-0.2, -0.15) is 0 Å². The van der Waals surface area contributed by atoms with E-state index in [4.69, 9.17) is 12.2 Å². The molecular weight excluding hydrogens is 370 g/mol. The van der Waals surface area contributed by atoms with Gasteiger partial charge in [0, 0.05) is 24.9 Å². The van der Waals surface area contributed by atoms with Crippen LogP contribution in [0.4, 0.5) is 0 Å². The van der Waals surface area contributed by atoms with Crippen LogP contribution in [0.5, 0.6) is 0 Å². The highest BCUT2D eigenvalue weighted by molar-refractivity contribution is 7.80. The highest BCUT2D eigenvalue weighted by Crippen LogP contribution is 2.19. The van der Waals surface area contributed by atoms with Gasteiger partial charge >= 0.3 is 5.97 Å². The Morgan fingerprint density at radius 2 is 1.54 bits per heavy atom. The van der Waals surface area contributed by atoms with Crippen molar-refractivity contribution in [2.45, 2.75) is 45.7 Å². The quantitative estimate of drug-likeness (QED) is 0.453. The molecule has 0 amide bonds. The molecule has 0 saturated carbocycles. The SMILES string of the molecule is CC(C)C[C@@H](C(=O)O)N(Cc1ccccc1)C(=S)CCC(=O)c1ccccc1. The Hall–Kier alpha value is -2.53. The monoisotopic (exact) mass is 397 g/mol. The Labute approximate surface area is 172 Å². The molecule has 0 radical (unpaired) electrons. The zero-order chi connectivity index (χ0) is 20.5. The van der Waals surface area contributed by atoms with E-state index in [1.165, 1.54) is 0 Å². The number of Topliss-reactive ketones (excluding diaryl/α,β-unsaturated/α-hetero) is 1. The van der Waals surface area contributed by atoms with Crippen molar-refractivity contribution < 1.29 is 14.7 Å². The number of nitrogens with zero attached hydrogens (tertiary/aromatic N) is 1. The summed E-state index contributed by atoms with van der Waals surface area (Å²) in [7, 11) is 0. The van der Waals surface area contributed by atoms with Gasteiger partial charge in [0.05, 0.1) is 4.99 Å². The van der Waals surface area contributed by atoms with Gasteiger partial charge < -0.3 is 10.0 Å². The topological polar surface area (TPSA) is 57.6 Å². The van der Waals surface area contributed by atoms with E-state index in [0.717, 1.165) is 5.56 Å². The Bertz CT molecular complexity index is 790. The van der Waals surface area contributed by atoms with E-state index in [2.05, 4.69) is 0 Å². The predicted molar refractivity (Wildman–Crippen MR) is 115 cm³/mol. The predicted octanol–water partition coefficient (Wildman–Crippen LogP) is 4.98. The number of carboxylic acid groups (broad SMARTS) is 1. The van der Waals surface area contributed by atoms with Crippen molar-refractivity contribution in [2.24, 2.45) is 5.92 Å². The van der Waals surface area contributed by atoms with Gasteiger partial charge in [-0.05, 0) is 17.9 Å². The molecule has 0 unspecified atom stereocenters. The molecule has 0 aliphatic heterocycles. The minimum absolute atomic E-state index is 0.0124. The van der Waals surface area contributed by atoms with E-state index in [-0.39, 0.29) is 18.1 Å². The lowest BCUT2D eigenvalue weighted by molar-refractivity contribution is -0.142. The molecule has 2 aromatic rings. The van der Waals surface area contributed by atoms with Crippen LogP contribution in [0, 0.1) is 5.92 Å². The second-order valence-electron chi connectivity index (χ2n) is 7.28. The average molecular weight is 398 g/mol. The maximum absolute atomic E-state index is 12.4. The van der Waals surface area contributed by atoms with Gasteiger partial charge in [-0.25, -0.2) is 4.79 Å². The Morgan fingerprint density at radius 1 is 0.964 bits per heavy atom. The van der Waals surface area contributed by atoms with Gasteiger partial charge in [-0.1, -0.05) is 86.7 Å². The van der Waals surface area contributed by atoms with E-state index in [9.17, 15) is 14.7 Å². The van der Waals surface area contributed by atoms with Crippen molar-refractivity contribution in [3.8, 4) is 0 Å². The third-order valence-electron chi connectivity index (χ3n) is 4.53. The van der Waals surface area contributed by atoms with Gasteiger partial charge in [0.2, 0.25) is 0 Å². The summed E-state index contributed by atoms with van der Waals surface area (Å²) in [6, 6.07) is 18.1. The minimum atomic E-state index is -0.888. The highest BCUT2D eigenvalue weighted by Gasteiger charge is 2.28. The normalized spacial score (nSPS) is 11.8. The van der Waals surface area contributed by atoms with Crippen LogP contribution in [-0.4, -0.2) is 32.8 Å². The number of ketones is 1. The van der Waals surface area contributed by atoms with Crippen LogP contribution in [0.1, 0.15) is 49.0 Å². The van der Waals surface area contributed by atoms with Crippen LogP contribution < -0.4 is 0 Å². The smallest absolute Gasteiger partial charge is 0.326 e. The zero-order valence-electron chi connectivity index (χ0n) is 16.4. The molecule has 5 heteroatoms. The molecule has 1 atom stereocenters. The molecule has 0 saturated heterocycles. The zero-order valence-corrected chi connectivity index (χ0v) is 17.2. The lowest BCUT2D eigenvalue weighted by Crippen LogP contribution is -2.44. The number of rotatable bonds is 10. The van der Waals surface area contributed by atoms with Gasteiger partial charge in [-0.15, -0.1) is 0 Å². The molecular formula is C23H27NO3S. The molecule has 4 nitrogen and oxygen atoms in total. The number of aliphatic carboxylic acids is 1. The first-order chi connectivity index (χ1) is 13.4. The summed E-state index contributed by atoms with van der Waals surface area (Å²) >= 11 is 5.60. The molecule has 2 rings (SSSR count). The van der Waals surface area contributed by atoms with Crippen molar-refractivity contribution >= 4 is 29.0 Å². The maximum Gasteiger partial charge on any atom is 0.326 e. The Kier molecular flexibility index (Phi) is 8.33. The number of thiocarbonyl (C=S) groups is 1. The second-order valence-corrected chi connectivity index (χ2v) is 7.75. The fourth-order valence-electron chi connectivity index (χ4n) is 3.09. The first kappa shape index (κ1) is 21.8. The van der Waals surface area contributed by atoms with Crippen molar-refractivity contribution in [1.29, 1.82) is 0 Å². The van der Waals surface area contributed by atoms with Crippen LogP contribution in [0.3, 0.4) is 0 Å². The summed E-state index contributed by atoms with van der Waals surface area (Å²) in [6.45, 7) is 4.42. The molecule has 0 aromatic heterocycles. The largest absolute Gasteiger partial charge is 0.480 e. The number of hydrogen-bond acceptors (Lipinski definition) is 3. The molecule has 0 fully saturated rings. The third-order valence-corrected chi connectivity index (χ3v) is 4.97. The molecule has 148 valence electrons. The van der Waals surface area contributed by atoms with Crippen molar-refractivity contribution in [3.63, 3.8) is 0 Å². The fourth-order valence-corrected chi connectivity index (χ4v) is 3.39. The van der Waals surface area contributed by atoms with E-state index >= 15 is 0 Å². The molecule has 0 bridgehead atoms. The molecule has 2 aromatic carbocycles. The molecule has 0 aliphatic carbocycles. The fraction of sp³-hybridized carbons (Fsp3) is 0.348. The summed E-state index contributed by atoms with van der Waals surface area (Å²) in [5.41, 5.74) is 1.64. The maximum atomic E-state index is 12.4. The van der Waals surface area contributed by atoms with Crippen LogP contribution in [0.25, 0.3) is 0 Å². The van der Waals surface area contributed by atoms with E-state index in [0.29, 0.717) is 29.9 Å². The third kappa shape index (κ3) is 6.57. The van der Waals surface area contributed by atoms with E-state index in [1.807, 2.05) is 62.4 Å².